The third-order valence-corrected chi connectivity index (χ3v) is 1.83. The Hall–Kier alpha value is -0.540. The minimum absolute atomic E-state index is 0.335. The van der Waals surface area contributed by atoms with Crippen LogP contribution in [-0.2, 0) is 0 Å². The summed E-state index contributed by atoms with van der Waals surface area (Å²) in [5.74, 6) is 0.777. The maximum atomic E-state index is 8.93. The van der Waals surface area contributed by atoms with Gasteiger partial charge in [-0.3, -0.25) is 0 Å². The Bertz CT molecular complexity index is 231. The van der Waals surface area contributed by atoms with Gasteiger partial charge in [0, 0.05) is 4.47 Å². The third kappa shape index (κ3) is 3.24. The van der Waals surface area contributed by atoms with Crippen molar-refractivity contribution >= 4 is 15.9 Å². The lowest BCUT2D eigenvalue weighted by Crippen LogP contribution is -2.12. The van der Waals surface area contributed by atoms with E-state index in [4.69, 9.17) is 9.84 Å². The molecule has 0 aliphatic rings. The molecule has 0 aliphatic heterocycles. The largest absolute Gasteiger partial charge is 0.491 e. The van der Waals surface area contributed by atoms with E-state index in [1.54, 1.807) is 6.92 Å². The number of ether oxygens (including phenoxy) is 1. The van der Waals surface area contributed by atoms with Crippen LogP contribution in [0.5, 0.6) is 5.75 Å². The monoisotopic (exact) mass is 230 g/mol. The highest BCUT2D eigenvalue weighted by atomic mass is 79.9. The predicted molar refractivity (Wildman–Crippen MR) is 51.3 cm³/mol. The molecule has 0 saturated heterocycles. The zero-order chi connectivity index (χ0) is 8.97. The van der Waals surface area contributed by atoms with Gasteiger partial charge in [0.15, 0.2) is 0 Å². The maximum absolute atomic E-state index is 8.93. The van der Waals surface area contributed by atoms with E-state index in [0.29, 0.717) is 6.61 Å². The summed E-state index contributed by atoms with van der Waals surface area (Å²) in [6, 6.07) is 7.51. The number of aliphatic hydroxyl groups is 1. The van der Waals surface area contributed by atoms with Crippen molar-refractivity contribution in [3.63, 3.8) is 0 Å². The lowest BCUT2D eigenvalue weighted by atomic mass is 10.3. The summed E-state index contributed by atoms with van der Waals surface area (Å²) in [6.45, 7) is 2.03. The number of rotatable bonds is 3. The summed E-state index contributed by atoms with van der Waals surface area (Å²) in [4.78, 5) is 0. The van der Waals surface area contributed by atoms with E-state index in [1.165, 1.54) is 0 Å². The molecule has 1 aromatic rings. The molecule has 0 unspecified atom stereocenters. The van der Waals surface area contributed by atoms with Crippen LogP contribution in [0.2, 0.25) is 0 Å². The van der Waals surface area contributed by atoms with Gasteiger partial charge in [0.1, 0.15) is 12.4 Å². The smallest absolute Gasteiger partial charge is 0.119 e. The van der Waals surface area contributed by atoms with Gasteiger partial charge >= 0.3 is 0 Å². The van der Waals surface area contributed by atoms with E-state index in [9.17, 15) is 0 Å². The van der Waals surface area contributed by atoms with Crippen LogP contribution in [0.25, 0.3) is 0 Å². The third-order valence-electron chi connectivity index (χ3n) is 1.30. The molecular weight excluding hydrogens is 220 g/mol. The molecule has 2 nitrogen and oxygen atoms in total. The molecule has 0 bridgehead atoms. The van der Waals surface area contributed by atoms with Gasteiger partial charge in [-0.1, -0.05) is 15.9 Å². The molecule has 1 rings (SSSR count). The molecule has 0 aromatic heterocycles. The van der Waals surface area contributed by atoms with E-state index in [0.717, 1.165) is 10.2 Å². The summed E-state index contributed by atoms with van der Waals surface area (Å²) in [7, 11) is 0. The normalized spacial score (nSPS) is 12.6. The van der Waals surface area contributed by atoms with Gasteiger partial charge in [-0.15, -0.1) is 0 Å². The highest BCUT2D eigenvalue weighted by molar-refractivity contribution is 9.10. The predicted octanol–water partition coefficient (Wildman–Crippen LogP) is 2.21. The van der Waals surface area contributed by atoms with Crippen molar-refractivity contribution in [2.24, 2.45) is 0 Å². The van der Waals surface area contributed by atoms with E-state index in [2.05, 4.69) is 15.9 Å². The van der Waals surface area contributed by atoms with E-state index in [1.807, 2.05) is 24.3 Å². The van der Waals surface area contributed by atoms with Gasteiger partial charge in [-0.05, 0) is 31.2 Å². The number of halogens is 1. The van der Waals surface area contributed by atoms with Crippen LogP contribution in [0.15, 0.2) is 28.7 Å². The summed E-state index contributed by atoms with van der Waals surface area (Å²) < 4.78 is 6.27. The van der Waals surface area contributed by atoms with Gasteiger partial charge in [0.25, 0.3) is 0 Å². The van der Waals surface area contributed by atoms with Crippen molar-refractivity contribution in [1.82, 2.24) is 0 Å². The van der Waals surface area contributed by atoms with Crippen LogP contribution in [-0.4, -0.2) is 17.8 Å². The Balaban J connectivity index is 2.48. The molecule has 0 radical (unpaired) electrons. The second kappa shape index (κ2) is 4.48. The summed E-state index contributed by atoms with van der Waals surface area (Å²) in [6.07, 6.45) is -0.423. The molecule has 0 aliphatic carbocycles. The average Bonchev–Trinajstić information content (AvgIpc) is 2.03. The van der Waals surface area contributed by atoms with Crippen molar-refractivity contribution < 1.29 is 9.84 Å². The summed E-state index contributed by atoms with van der Waals surface area (Å²) in [5, 5.41) is 8.93. The lowest BCUT2D eigenvalue weighted by Gasteiger charge is -2.07. The average molecular weight is 231 g/mol. The van der Waals surface area contributed by atoms with Crippen molar-refractivity contribution in [2.75, 3.05) is 6.61 Å². The second-order valence-electron chi connectivity index (χ2n) is 2.61. The molecule has 0 fully saturated rings. The molecular formula is C9H11BrO2. The number of benzene rings is 1. The fraction of sp³-hybridized carbons (Fsp3) is 0.333. The van der Waals surface area contributed by atoms with E-state index < -0.39 is 6.10 Å². The first-order valence-corrected chi connectivity index (χ1v) is 4.54. The van der Waals surface area contributed by atoms with Gasteiger partial charge in [-0.2, -0.15) is 0 Å². The summed E-state index contributed by atoms with van der Waals surface area (Å²) >= 11 is 3.32. The molecule has 12 heavy (non-hydrogen) atoms. The standard InChI is InChI=1S/C9H11BrO2/c1-7(11)6-12-9-4-2-8(10)3-5-9/h2-5,7,11H,6H2,1H3/t7-/m1/s1. The second-order valence-corrected chi connectivity index (χ2v) is 3.53. The molecule has 66 valence electrons. The highest BCUT2D eigenvalue weighted by Gasteiger charge is 1.96. The molecule has 1 N–H and O–H groups in total. The number of aliphatic hydroxyl groups excluding tert-OH is 1. The van der Waals surface area contributed by atoms with Crippen LogP contribution < -0.4 is 4.74 Å². The number of hydrogen-bond donors (Lipinski definition) is 1. The zero-order valence-electron chi connectivity index (χ0n) is 6.83. The van der Waals surface area contributed by atoms with Gasteiger partial charge in [0.2, 0.25) is 0 Å². The first-order chi connectivity index (χ1) is 5.68. The van der Waals surface area contributed by atoms with Crippen LogP contribution in [0.3, 0.4) is 0 Å². The fourth-order valence-corrected chi connectivity index (χ4v) is 1.01. The van der Waals surface area contributed by atoms with Gasteiger partial charge < -0.3 is 9.84 Å². The number of hydrogen-bond acceptors (Lipinski definition) is 2. The quantitative estimate of drug-likeness (QED) is 0.864. The molecule has 1 atom stereocenters. The minimum atomic E-state index is -0.423. The molecule has 1 aromatic carbocycles. The van der Waals surface area contributed by atoms with Crippen LogP contribution in [0, 0.1) is 0 Å². The van der Waals surface area contributed by atoms with Crippen molar-refractivity contribution in [3.05, 3.63) is 28.7 Å². The molecule has 0 spiro atoms. The van der Waals surface area contributed by atoms with Crippen LogP contribution >= 0.6 is 15.9 Å². The highest BCUT2D eigenvalue weighted by Crippen LogP contribution is 2.15. The van der Waals surface area contributed by atoms with Crippen LogP contribution in [0.1, 0.15) is 6.92 Å². The zero-order valence-corrected chi connectivity index (χ0v) is 8.41. The van der Waals surface area contributed by atoms with Crippen molar-refractivity contribution in [3.8, 4) is 5.75 Å². The van der Waals surface area contributed by atoms with Gasteiger partial charge in [0.05, 0.1) is 6.10 Å². The lowest BCUT2D eigenvalue weighted by molar-refractivity contribution is 0.122. The molecule has 0 saturated carbocycles. The SMILES string of the molecule is C[C@@H](O)COc1ccc(Br)cc1. The van der Waals surface area contributed by atoms with Gasteiger partial charge in [-0.25, -0.2) is 0 Å². The Morgan fingerprint density at radius 3 is 2.50 bits per heavy atom. The Morgan fingerprint density at radius 1 is 1.42 bits per heavy atom. The minimum Gasteiger partial charge on any atom is -0.491 e. The van der Waals surface area contributed by atoms with E-state index in [-0.39, 0.29) is 0 Å². The van der Waals surface area contributed by atoms with Crippen LogP contribution in [0.4, 0.5) is 0 Å². The Kier molecular flexibility index (Phi) is 3.56. The fourth-order valence-electron chi connectivity index (χ4n) is 0.748. The Morgan fingerprint density at radius 2 is 2.00 bits per heavy atom. The van der Waals surface area contributed by atoms with E-state index >= 15 is 0 Å². The topological polar surface area (TPSA) is 29.5 Å². The molecule has 0 amide bonds. The molecule has 3 heteroatoms. The first-order valence-electron chi connectivity index (χ1n) is 3.75. The first kappa shape index (κ1) is 9.55. The van der Waals surface area contributed by atoms with Crippen molar-refractivity contribution in [2.45, 2.75) is 13.0 Å². The Labute approximate surface area is 80.3 Å². The molecule has 0 heterocycles. The maximum Gasteiger partial charge on any atom is 0.119 e. The summed E-state index contributed by atoms with van der Waals surface area (Å²) in [5.41, 5.74) is 0. The van der Waals surface area contributed by atoms with Crippen molar-refractivity contribution in [1.29, 1.82) is 0 Å².